The van der Waals surface area contributed by atoms with Crippen molar-refractivity contribution in [2.45, 2.75) is 32.7 Å². The van der Waals surface area contributed by atoms with E-state index in [0.29, 0.717) is 6.04 Å². The molecule has 0 bridgehead atoms. The van der Waals surface area contributed by atoms with Gasteiger partial charge >= 0.3 is 0 Å². The first-order chi connectivity index (χ1) is 7.27. The van der Waals surface area contributed by atoms with Crippen LogP contribution in [0.3, 0.4) is 0 Å². The molecule has 0 aliphatic rings. The van der Waals surface area contributed by atoms with E-state index in [0.717, 1.165) is 19.4 Å². The van der Waals surface area contributed by atoms with Crippen LogP contribution in [0.1, 0.15) is 36.9 Å². The van der Waals surface area contributed by atoms with E-state index in [2.05, 4.69) is 49.4 Å². The molecular weight excluding hydrogens is 182 g/mol. The van der Waals surface area contributed by atoms with Crippen LogP contribution in [0.5, 0.6) is 0 Å². The Morgan fingerprint density at radius 1 is 1.47 bits per heavy atom. The maximum Gasteiger partial charge on any atom is 0.0430 e. The van der Waals surface area contributed by atoms with E-state index < -0.39 is 0 Å². The van der Waals surface area contributed by atoms with Gasteiger partial charge in [0.15, 0.2) is 0 Å². The number of terminal acetylenes is 1. The summed E-state index contributed by atoms with van der Waals surface area (Å²) in [7, 11) is 0. The minimum absolute atomic E-state index is 0.301. The fourth-order valence-electron chi connectivity index (χ4n) is 1.63. The first-order valence-electron chi connectivity index (χ1n) is 5.51. The highest BCUT2D eigenvalue weighted by Crippen LogP contribution is 2.17. The molecule has 1 aromatic carbocycles. The van der Waals surface area contributed by atoms with Crippen LogP contribution in [0.2, 0.25) is 0 Å². The molecule has 0 heterocycles. The predicted octanol–water partition coefficient (Wildman–Crippen LogP) is 3.06. The van der Waals surface area contributed by atoms with Gasteiger partial charge in [0.25, 0.3) is 0 Å². The molecule has 0 aliphatic carbocycles. The van der Waals surface area contributed by atoms with Crippen LogP contribution in [-0.4, -0.2) is 6.54 Å². The van der Waals surface area contributed by atoms with Crippen LogP contribution in [0.25, 0.3) is 0 Å². The van der Waals surface area contributed by atoms with Crippen molar-refractivity contribution < 1.29 is 0 Å². The molecule has 0 saturated heterocycles. The minimum atomic E-state index is 0.301. The molecule has 0 spiro atoms. The van der Waals surface area contributed by atoms with Gasteiger partial charge in [-0.1, -0.05) is 36.8 Å². The topological polar surface area (TPSA) is 12.0 Å². The van der Waals surface area contributed by atoms with Crippen molar-refractivity contribution in [2.75, 3.05) is 6.54 Å². The summed E-state index contributed by atoms with van der Waals surface area (Å²) in [5.41, 5.74) is 2.58. The molecule has 80 valence electrons. The maximum absolute atomic E-state index is 5.39. The van der Waals surface area contributed by atoms with Gasteiger partial charge in [-0.3, -0.25) is 0 Å². The highest BCUT2D eigenvalue weighted by molar-refractivity contribution is 5.26. The molecule has 0 saturated carbocycles. The van der Waals surface area contributed by atoms with E-state index >= 15 is 0 Å². The van der Waals surface area contributed by atoms with Gasteiger partial charge in [0, 0.05) is 12.5 Å². The molecule has 1 rings (SSSR count). The highest BCUT2D eigenvalue weighted by atomic mass is 14.9. The minimum Gasteiger partial charge on any atom is -0.309 e. The Morgan fingerprint density at radius 2 is 2.27 bits per heavy atom. The summed E-state index contributed by atoms with van der Waals surface area (Å²) < 4.78 is 0. The van der Waals surface area contributed by atoms with Crippen molar-refractivity contribution in [1.82, 2.24) is 5.32 Å². The van der Waals surface area contributed by atoms with E-state index in [1.807, 2.05) is 0 Å². The zero-order valence-electron chi connectivity index (χ0n) is 9.59. The first-order valence-corrected chi connectivity index (χ1v) is 5.51. The van der Waals surface area contributed by atoms with Gasteiger partial charge in [0.1, 0.15) is 0 Å². The normalized spacial score (nSPS) is 12.1. The molecule has 15 heavy (non-hydrogen) atoms. The summed E-state index contributed by atoms with van der Waals surface area (Å²) >= 11 is 0. The maximum atomic E-state index is 5.39. The molecule has 0 aromatic heterocycles. The van der Waals surface area contributed by atoms with Crippen LogP contribution in [0.15, 0.2) is 24.3 Å². The summed E-state index contributed by atoms with van der Waals surface area (Å²) in [5, 5.41) is 3.47. The van der Waals surface area contributed by atoms with Crippen molar-refractivity contribution in [1.29, 1.82) is 0 Å². The lowest BCUT2D eigenvalue weighted by Crippen LogP contribution is -2.21. The smallest absolute Gasteiger partial charge is 0.0430 e. The Morgan fingerprint density at radius 3 is 2.87 bits per heavy atom. The fourth-order valence-corrected chi connectivity index (χ4v) is 1.63. The van der Waals surface area contributed by atoms with Crippen molar-refractivity contribution in [3.05, 3.63) is 35.4 Å². The van der Waals surface area contributed by atoms with Gasteiger partial charge in [-0.05, 0) is 25.5 Å². The zero-order chi connectivity index (χ0) is 11.1. The van der Waals surface area contributed by atoms with Gasteiger partial charge in [-0.25, -0.2) is 0 Å². The Kier molecular flexibility index (Phi) is 4.93. The zero-order valence-corrected chi connectivity index (χ0v) is 9.59. The molecule has 0 fully saturated rings. The van der Waals surface area contributed by atoms with E-state index in [1.54, 1.807) is 0 Å². The number of rotatable bonds is 5. The van der Waals surface area contributed by atoms with Gasteiger partial charge in [0.05, 0.1) is 0 Å². The lowest BCUT2D eigenvalue weighted by Gasteiger charge is -2.16. The third kappa shape index (κ3) is 3.77. The summed E-state index contributed by atoms with van der Waals surface area (Å²) in [5.74, 6) is 2.73. The van der Waals surface area contributed by atoms with Crippen LogP contribution in [-0.2, 0) is 0 Å². The molecule has 1 unspecified atom stereocenters. The second kappa shape index (κ2) is 6.27. The van der Waals surface area contributed by atoms with Crippen molar-refractivity contribution in [2.24, 2.45) is 0 Å². The molecule has 1 N–H and O–H groups in total. The van der Waals surface area contributed by atoms with Crippen LogP contribution in [0.4, 0.5) is 0 Å². The molecule has 1 aromatic rings. The molecular formula is C14H19N. The average molecular weight is 201 g/mol. The van der Waals surface area contributed by atoms with Crippen LogP contribution >= 0.6 is 0 Å². The number of aryl methyl sites for hydroxylation is 1. The second-order valence-electron chi connectivity index (χ2n) is 3.83. The van der Waals surface area contributed by atoms with Gasteiger partial charge in [0.2, 0.25) is 0 Å². The van der Waals surface area contributed by atoms with Gasteiger partial charge < -0.3 is 5.32 Å². The lowest BCUT2D eigenvalue weighted by atomic mass is 10.0. The molecule has 0 amide bonds. The van der Waals surface area contributed by atoms with Crippen molar-refractivity contribution >= 4 is 0 Å². The third-order valence-electron chi connectivity index (χ3n) is 2.41. The number of hydrogen-bond acceptors (Lipinski definition) is 1. The Labute approximate surface area is 92.9 Å². The summed E-state index contributed by atoms with van der Waals surface area (Å²) in [6, 6.07) is 8.83. The average Bonchev–Trinajstić information content (AvgIpc) is 2.24. The third-order valence-corrected chi connectivity index (χ3v) is 2.41. The van der Waals surface area contributed by atoms with Crippen molar-refractivity contribution in [3.63, 3.8) is 0 Å². The second-order valence-corrected chi connectivity index (χ2v) is 3.83. The predicted molar refractivity (Wildman–Crippen MR) is 65.7 cm³/mol. The number of hydrogen-bond donors (Lipinski definition) is 1. The molecule has 0 aliphatic heterocycles. The van der Waals surface area contributed by atoms with Crippen molar-refractivity contribution in [3.8, 4) is 12.3 Å². The van der Waals surface area contributed by atoms with E-state index in [-0.39, 0.29) is 0 Å². The number of nitrogens with one attached hydrogen (secondary N) is 1. The van der Waals surface area contributed by atoms with Crippen LogP contribution in [0, 0.1) is 19.3 Å². The molecule has 1 heteroatoms. The molecule has 0 radical (unpaired) electrons. The SMILES string of the molecule is C#CCC(NCCC)c1cccc(C)c1. The molecule has 1 atom stereocenters. The fraction of sp³-hybridized carbons (Fsp3) is 0.429. The summed E-state index contributed by atoms with van der Waals surface area (Å²) in [6.45, 7) is 5.28. The quantitative estimate of drug-likeness (QED) is 0.722. The molecule has 1 nitrogen and oxygen atoms in total. The van der Waals surface area contributed by atoms with Crippen LogP contribution < -0.4 is 5.32 Å². The summed E-state index contributed by atoms with van der Waals surface area (Å²) in [6.07, 6.45) is 7.27. The number of benzene rings is 1. The Balaban J connectivity index is 2.75. The standard InChI is InChI=1S/C14H19N/c1-4-7-14(15-10-5-2)13-9-6-8-12(3)11-13/h1,6,8-9,11,14-15H,5,7,10H2,2-3H3. The first kappa shape index (κ1) is 11.8. The van der Waals surface area contributed by atoms with Gasteiger partial charge in [-0.15, -0.1) is 12.3 Å². The summed E-state index contributed by atoms with van der Waals surface area (Å²) in [4.78, 5) is 0. The Bertz CT molecular complexity index is 335. The van der Waals surface area contributed by atoms with E-state index in [9.17, 15) is 0 Å². The van der Waals surface area contributed by atoms with Gasteiger partial charge in [-0.2, -0.15) is 0 Å². The van der Waals surface area contributed by atoms with E-state index in [4.69, 9.17) is 6.42 Å². The highest BCUT2D eigenvalue weighted by Gasteiger charge is 2.08. The Hall–Kier alpha value is -1.26. The van der Waals surface area contributed by atoms with E-state index in [1.165, 1.54) is 11.1 Å². The lowest BCUT2D eigenvalue weighted by molar-refractivity contribution is 0.542. The monoisotopic (exact) mass is 201 g/mol. The largest absolute Gasteiger partial charge is 0.309 e.